The third-order valence-corrected chi connectivity index (χ3v) is 4.15. The van der Waals surface area contributed by atoms with Gasteiger partial charge in [0.1, 0.15) is 11.5 Å². The molecule has 3 nitrogen and oxygen atoms in total. The highest BCUT2D eigenvalue weighted by molar-refractivity contribution is 9.10. The lowest BCUT2D eigenvalue weighted by atomic mass is 9.97. The van der Waals surface area contributed by atoms with Gasteiger partial charge in [-0.1, -0.05) is 28.1 Å². The first kappa shape index (κ1) is 15.9. The van der Waals surface area contributed by atoms with E-state index >= 15 is 0 Å². The van der Waals surface area contributed by atoms with Gasteiger partial charge in [-0.25, -0.2) is 0 Å². The molecule has 0 heterocycles. The van der Waals surface area contributed by atoms with Crippen molar-refractivity contribution >= 4 is 15.9 Å². The van der Waals surface area contributed by atoms with Crippen molar-refractivity contribution in [3.8, 4) is 11.5 Å². The van der Waals surface area contributed by atoms with Gasteiger partial charge in [0.05, 0.1) is 20.3 Å². The van der Waals surface area contributed by atoms with E-state index in [2.05, 4.69) is 46.4 Å². The van der Waals surface area contributed by atoms with E-state index in [1.54, 1.807) is 14.2 Å². The number of methoxy groups -OCH3 is 2. The fraction of sp³-hybridized carbons (Fsp3) is 0.294. The minimum atomic E-state index is 0.0592. The first-order valence-corrected chi connectivity index (χ1v) is 7.54. The van der Waals surface area contributed by atoms with Crippen molar-refractivity contribution < 1.29 is 9.47 Å². The van der Waals surface area contributed by atoms with E-state index in [-0.39, 0.29) is 6.04 Å². The molecule has 0 aliphatic rings. The lowest BCUT2D eigenvalue weighted by Gasteiger charge is -2.20. The van der Waals surface area contributed by atoms with Crippen molar-refractivity contribution in [3.05, 3.63) is 57.6 Å². The van der Waals surface area contributed by atoms with Gasteiger partial charge in [0, 0.05) is 10.5 Å². The Kier molecular flexibility index (Phi) is 5.26. The fourth-order valence-corrected chi connectivity index (χ4v) is 3.09. The van der Waals surface area contributed by atoms with Crippen molar-refractivity contribution in [2.45, 2.75) is 13.0 Å². The second-order valence-corrected chi connectivity index (χ2v) is 5.75. The van der Waals surface area contributed by atoms with Crippen LogP contribution in [0.25, 0.3) is 0 Å². The summed E-state index contributed by atoms with van der Waals surface area (Å²) in [6.07, 6.45) is 0. The Balaban J connectivity index is 2.50. The molecule has 1 N–H and O–H groups in total. The molecular formula is C17H20BrNO2. The Morgan fingerprint density at radius 2 is 1.62 bits per heavy atom. The Bertz CT molecular complexity index is 606. The molecule has 0 aromatic heterocycles. The Morgan fingerprint density at radius 3 is 2.10 bits per heavy atom. The average molecular weight is 350 g/mol. The van der Waals surface area contributed by atoms with E-state index in [0.717, 1.165) is 21.5 Å². The molecule has 0 saturated carbocycles. The van der Waals surface area contributed by atoms with Crippen LogP contribution in [0.5, 0.6) is 11.5 Å². The maximum atomic E-state index is 5.36. The molecule has 2 aromatic carbocycles. The van der Waals surface area contributed by atoms with E-state index in [1.165, 1.54) is 11.1 Å². The second-order valence-electron chi connectivity index (χ2n) is 4.89. The van der Waals surface area contributed by atoms with Crippen LogP contribution in [0.2, 0.25) is 0 Å². The molecule has 0 bridgehead atoms. The van der Waals surface area contributed by atoms with E-state index in [0.29, 0.717) is 0 Å². The average Bonchev–Trinajstić information content (AvgIpc) is 2.49. The van der Waals surface area contributed by atoms with E-state index in [1.807, 2.05) is 25.2 Å². The zero-order valence-electron chi connectivity index (χ0n) is 12.7. The van der Waals surface area contributed by atoms with Crippen LogP contribution in [-0.4, -0.2) is 21.3 Å². The van der Waals surface area contributed by atoms with Crippen LogP contribution in [0.15, 0.2) is 40.9 Å². The third-order valence-electron chi connectivity index (χ3n) is 3.46. The quantitative estimate of drug-likeness (QED) is 0.881. The molecule has 0 radical (unpaired) electrons. The summed E-state index contributed by atoms with van der Waals surface area (Å²) in [6.45, 7) is 2.08. The minimum absolute atomic E-state index is 0.0592. The van der Waals surface area contributed by atoms with E-state index in [9.17, 15) is 0 Å². The topological polar surface area (TPSA) is 30.5 Å². The van der Waals surface area contributed by atoms with Crippen molar-refractivity contribution in [1.29, 1.82) is 0 Å². The number of hydrogen-bond donors (Lipinski definition) is 1. The van der Waals surface area contributed by atoms with Crippen LogP contribution in [0.4, 0.5) is 0 Å². The maximum Gasteiger partial charge on any atom is 0.122 e. The summed E-state index contributed by atoms with van der Waals surface area (Å²) in [4.78, 5) is 0. The molecule has 1 unspecified atom stereocenters. The van der Waals surface area contributed by atoms with Crippen molar-refractivity contribution in [2.24, 2.45) is 0 Å². The van der Waals surface area contributed by atoms with Gasteiger partial charge in [-0.05, 0) is 48.9 Å². The molecule has 2 aromatic rings. The van der Waals surface area contributed by atoms with E-state index in [4.69, 9.17) is 9.47 Å². The summed E-state index contributed by atoms with van der Waals surface area (Å²) in [5.41, 5.74) is 3.50. The zero-order chi connectivity index (χ0) is 15.4. The fourth-order valence-electron chi connectivity index (χ4n) is 2.36. The summed E-state index contributed by atoms with van der Waals surface area (Å²) in [6, 6.07) is 12.3. The highest BCUT2D eigenvalue weighted by atomic mass is 79.9. The number of hydrogen-bond acceptors (Lipinski definition) is 3. The lowest BCUT2D eigenvalue weighted by molar-refractivity contribution is 0.392. The van der Waals surface area contributed by atoms with Gasteiger partial charge in [0.15, 0.2) is 0 Å². The molecule has 0 fully saturated rings. The van der Waals surface area contributed by atoms with Gasteiger partial charge in [-0.2, -0.15) is 0 Å². The van der Waals surface area contributed by atoms with Gasteiger partial charge < -0.3 is 14.8 Å². The molecule has 0 aliphatic heterocycles. The summed E-state index contributed by atoms with van der Waals surface area (Å²) >= 11 is 3.65. The molecule has 0 aliphatic carbocycles. The number of rotatable bonds is 5. The predicted molar refractivity (Wildman–Crippen MR) is 89.3 cm³/mol. The Hall–Kier alpha value is -1.52. The first-order chi connectivity index (χ1) is 10.1. The van der Waals surface area contributed by atoms with Crippen LogP contribution >= 0.6 is 15.9 Å². The van der Waals surface area contributed by atoms with Gasteiger partial charge in [0.2, 0.25) is 0 Å². The number of nitrogens with one attached hydrogen (secondary N) is 1. The summed E-state index contributed by atoms with van der Waals surface area (Å²) < 4.78 is 11.8. The maximum absolute atomic E-state index is 5.36. The molecule has 0 spiro atoms. The van der Waals surface area contributed by atoms with Crippen molar-refractivity contribution in [3.63, 3.8) is 0 Å². The van der Waals surface area contributed by atoms with Gasteiger partial charge in [0.25, 0.3) is 0 Å². The summed E-state index contributed by atoms with van der Waals surface area (Å²) in [5, 5.41) is 3.36. The number of halogens is 1. The zero-order valence-corrected chi connectivity index (χ0v) is 14.3. The smallest absolute Gasteiger partial charge is 0.122 e. The number of benzene rings is 2. The Labute approximate surface area is 134 Å². The molecule has 2 rings (SSSR count). The van der Waals surface area contributed by atoms with Gasteiger partial charge >= 0.3 is 0 Å². The lowest BCUT2D eigenvalue weighted by Crippen LogP contribution is -2.18. The molecule has 0 amide bonds. The second kappa shape index (κ2) is 6.96. The van der Waals surface area contributed by atoms with Crippen LogP contribution < -0.4 is 14.8 Å². The van der Waals surface area contributed by atoms with Crippen LogP contribution in [0, 0.1) is 6.92 Å². The molecule has 1 atom stereocenters. The number of aryl methyl sites for hydroxylation is 1. The van der Waals surface area contributed by atoms with Crippen LogP contribution in [0.1, 0.15) is 22.7 Å². The van der Waals surface area contributed by atoms with Crippen LogP contribution in [0.3, 0.4) is 0 Å². The molecule has 0 saturated heterocycles. The largest absolute Gasteiger partial charge is 0.497 e. The first-order valence-electron chi connectivity index (χ1n) is 6.75. The minimum Gasteiger partial charge on any atom is -0.497 e. The van der Waals surface area contributed by atoms with Gasteiger partial charge in [-0.3, -0.25) is 0 Å². The highest BCUT2D eigenvalue weighted by Gasteiger charge is 2.17. The summed E-state index contributed by atoms with van der Waals surface area (Å²) in [7, 11) is 5.27. The van der Waals surface area contributed by atoms with Crippen molar-refractivity contribution in [1.82, 2.24) is 5.32 Å². The highest BCUT2D eigenvalue weighted by Crippen LogP contribution is 2.33. The summed E-state index contributed by atoms with van der Waals surface area (Å²) in [5.74, 6) is 1.57. The predicted octanol–water partition coefficient (Wildman–Crippen LogP) is 4.08. The van der Waals surface area contributed by atoms with Crippen molar-refractivity contribution in [2.75, 3.05) is 21.3 Å². The van der Waals surface area contributed by atoms with E-state index < -0.39 is 0 Å². The normalized spacial score (nSPS) is 12.0. The molecule has 21 heavy (non-hydrogen) atoms. The number of ether oxygens (including phenoxy) is 2. The standard InChI is InChI=1S/C17H20BrNO2/c1-11-5-6-15(16(18)7-11)17(19-2)12-8-13(20-3)10-14(9-12)21-4/h5-10,17,19H,1-4H3. The molecule has 112 valence electrons. The molecule has 4 heteroatoms. The van der Waals surface area contributed by atoms with Crippen LogP contribution in [-0.2, 0) is 0 Å². The monoisotopic (exact) mass is 349 g/mol. The van der Waals surface area contributed by atoms with Gasteiger partial charge in [-0.15, -0.1) is 0 Å². The third kappa shape index (κ3) is 3.57. The molecular weight excluding hydrogens is 330 g/mol. The Morgan fingerprint density at radius 1 is 1.00 bits per heavy atom. The SMILES string of the molecule is CNC(c1cc(OC)cc(OC)c1)c1ccc(C)cc1Br.